The van der Waals surface area contributed by atoms with Gasteiger partial charge >= 0.3 is 0 Å². The highest BCUT2D eigenvalue weighted by Gasteiger charge is 2.34. The van der Waals surface area contributed by atoms with Crippen molar-refractivity contribution < 1.29 is 4.79 Å². The number of benzene rings is 3. The fourth-order valence-corrected chi connectivity index (χ4v) is 4.47. The van der Waals surface area contributed by atoms with Crippen LogP contribution in [0.15, 0.2) is 83.9 Å². The van der Waals surface area contributed by atoms with Crippen LogP contribution in [0.4, 0.5) is 0 Å². The summed E-state index contributed by atoms with van der Waals surface area (Å²) in [7, 11) is 0. The molecule has 1 aliphatic rings. The number of hydrogen-bond acceptors (Lipinski definition) is 5. The number of carbonyl (C=O) groups excluding carboxylic acids is 1. The first-order chi connectivity index (χ1) is 17.2. The Kier molecular flexibility index (Phi) is 6.75. The molecule has 7 heteroatoms. The van der Waals surface area contributed by atoms with Gasteiger partial charge in [-0.2, -0.15) is 0 Å². The molecule has 0 fully saturated rings. The SMILES string of the molecule is CCCCC1=NC(Cc2ccccc2)C(=O)N1Cc1ccc(-c2ccccc2-c2nnn[nH]2)cc1. The zero-order valence-electron chi connectivity index (χ0n) is 19.8. The van der Waals surface area contributed by atoms with Gasteiger partial charge in [0.2, 0.25) is 0 Å². The number of aromatic nitrogens is 4. The molecule has 4 aromatic rings. The van der Waals surface area contributed by atoms with E-state index in [9.17, 15) is 4.79 Å². The van der Waals surface area contributed by atoms with Crippen LogP contribution in [0.1, 0.15) is 37.3 Å². The second kappa shape index (κ2) is 10.4. The summed E-state index contributed by atoms with van der Waals surface area (Å²) in [5.41, 5.74) is 5.26. The van der Waals surface area contributed by atoms with Crippen LogP contribution >= 0.6 is 0 Å². The summed E-state index contributed by atoms with van der Waals surface area (Å²) in [6.07, 6.45) is 3.55. The van der Waals surface area contributed by atoms with Gasteiger partial charge in [0.05, 0.1) is 6.54 Å². The number of tetrazole rings is 1. The van der Waals surface area contributed by atoms with Crippen LogP contribution in [-0.4, -0.2) is 43.3 Å². The monoisotopic (exact) mass is 464 g/mol. The first-order valence-corrected chi connectivity index (χ1v) is 12.1. The van der Waals surface area contributed by atoms with Gasteiger partial charge in [0.1, 0.15) is 11.9 Å². The van der Waals surface area contributed by atoms with Crippen LogP contribution < -0.4 is 0 Å². The molecule has 0 saturated heterocycles. The number of nitrogens with one attached hydrogen (secondary N) is 1. The number of unbranched alkanes of at least 4 members (excludes halogenated alkanes) is 1. The third-order valence-electron chi connectivity index (χ3n) is 6.33. The highest BCUT2D eigenvalue weighted by atomic mass is 16.2. The maximum Gasteiger partial charge on any atom is 0.253 e. The topological polar surface area (TPSA) is 87.1 Å². The molecule has 176 valence electrons. The number of nitrogens with zero attached hydrogens (tertiary/aromatic N) is 5. The van der Waals surface area contributed by atoms with Crippen LogP contribution in [0.5, 0.6) is 0 Å². The van der Waals surface area contributed by atoms with Gasteiger partial charge in [-0.15, -0.1) is 5.10 Å². The maximum absolute atomic E-state index is 13.3. The lowest BCUT2D eigenvalue weighted by molar-refractivity contribution is -0.127. The minimum absolute atomic E-state index is 0.0900. The molecule has 0 aliphatic carbocycles. The molecule has 2 heterocycles. The average molecular weight is 465 g/mol. The molecule has 1 N–H and O–H groups in total. The predicted molar refractivity (Wildman–Crippen MR) is 136 cm³/mol. The molecule has 35 heavy (non-hydrogen) atoms. The Bertz CT molecular complexity index is 1300. The van der Waals surface area contributed by atoms with Gasteiger partial charge in [-0.05, 0) is 39.1 Å². The van der Waals surface area contributed by atoms with Crippen molar-refractivity contribution >= 4 is 11.7 Å². The van der Waals surface area contributed by atoms with E-state index in [2.05, 4.69) is 70.0 Å². The number of H-pyrrole nitrogens is 1. The molecule has 3 aromatic carbocycles. The van der Waals surface area contributed by atoms with Crippen molar-refractivity contribution in [1.82, 2.24) is 25.5 Å². The van der Waals surface area contributed by atoms with Crippen LogP contribution in [-0.2, 0) is 17.8 Å². The third kappa shape index (κ3) is 5.04. The predicted octanol–water partition coefficient (Wildman–Crippen LogP) is 5.08. The first kappa shape index (κ1) is 22.7. The van der Waals surface area contributed by atoms with E-state index >= 15 is 0 Å². The second-order valence-corrected chi connectivity index (χ2v) is 8.77. The summed E-state index contributed by atoms with van der Waals surface area (Å²) in [4.78, 5) is 20.1. The Morgan fingerprint density at radius 3 is 2.34 bits per heavy atom. The van der Waals surface area contributed by atoms with Crippen molar-refractivity contribution in [3.8, 4) is 22.5 Å². The van der Waals surface area contributed by atoms with Crippen LogP contribution in [0.2, 0.25) is 0 Å². The van der Waals surface area contributed by atoms with Gasteiger partial charge in [0, 0.05) is 18.4 Å². The molecular weight excluding hydrogens is 436 g/mol. The zero-order chi connectivity index (χ0) is 24.0. The Morgan fingerprint density at radius 2 is 1.63 bits per heavy atom. The largest absolute Gasteiger partial charge is 0.294 e. The van der Waals surface area contributed by atoms with Gasteiger partial charge < -0.3 is 0 Å². The summed E-state index contributed by atoms with van der Waals surface area (Å²) in [6.45, 7) is 2.69. The van der Waals surface area contributed by atoms with Crippen molar-refractivity contribution in [2.45, 2.75) is 45.2 Å². The molecule has 1 unspecified atom stereocenters. The Hall–Kier alpha value is -4.13. The van der Waals surface area contributed by atoms with E-state index in [4.69, 9.17) is 4.99 Å². The molecule has 7 nitrogen and oxygen atoms in total. The smallest absolute Gasteiger partial charge is 0.253 e. The van der Waals surface area contributed by atoms with E-state index in [1.165, 1.54) is 0 Å². The number of rotatable bonds is 9. The molecule has 1 atom stereocenters. The highest BCUT2D eigenvalue weighted by molar-refractivity contribution is 6.05. The average Bonchev–Trinajstić information content (AvgIpc) is 3.54. The quantitative estimate of drug-likeness (QED) is 0.374. The number of amidine groups is 1. The third-order valence-corrected chi connectivity index (χ3v) is 6.33. The summed E-state index contributed by atoms with van der Waals surface area (Å²) in [5.74, 6) is 1.63. The normalized spacial score (nSPS) is 15.5. The van der Waals surface area contributed by atoms with Crippen LogP contribution in [0, 0.1) is 0 Å². The van der Waals surface area contributed by atoms with Gasteiger partial charge in [0.25, 0.3) is 5.91 Å². The minimum atomic E-state index is -0.342. The molecular formula is C28H28N6O. The van der Waals surface area contributed by atoms with Crippen LogP contribution in [0.3, 0.4) is 0 Å². The summed E-state index contributed by atoms with van der Waals surface area (Å²) in [6, 6.07) is 26.1. The van der Waals surface area contributed by atoms with E-state index < -0.39 is 0 Å². The van der Waals surface area contributed by atoms with Crippen molar-refractivity contribution in [3.63, 3.8) is 0 Å². The van der Waals surface area contributed by atoms with Gasteiger partial charge in [0.15, 0.2) is 5.82 Å². The summed E-state index contributed by atoms with van der Waals surface area (Å²) in [5, 5.41) is 14.3. The Morgan fingerprint density at radius 1 is 0.886 bits per heavy atom. The molecule has 1 aromatic heterocycles. The zero-order valence-corrected chi connectivity index (χ0v) is 19.8. The molecule has 0 saturated carbocycles. The molecule has 1 aliphatic heterocycles. The Balaban J connectivity index is 1.35. The van der Waals surface area contributed by atoms with Crippen molar-refractivity contribution in [2.24, 2.45) is 4.99 Å². The van der Waals surface area contributed by atoms with E-state index in [0.717, 1.165) is 52.9 Å². The fourth-order valence-electron chi connectivity index (χ4n) is 4.47. The van der Waals surface area contributed by atoms with E-state index in [0.29, 0.717) is 18.8 Å². The van der Waals surface area contributed by atoms with Crippen molar-refractivity contribution in [3.05, 3.63) is 90.0 Å². The molecule has 0 spiro atoms. The van der Waals surface area contributed by atoms with Gasteiger partial charge in [-0.3, -0.25) is 14.7 Å². The van der Waals surface area contributed by atoms with Crippen LogP contribution in [0.25, 0.3) is 22.5 Å². The standard InChI is InChI=1S/C28H28N6O/c1-2-3-13-26-29-25(18-20-9-5-4-6-10-20)28(35)34(26)19-21-14-16-22(17-15-21)23-11-7-8-12-24(23)27-30-32-33-31-27/h4-12,14-17,25H,2-3,13,18-19H2,1H3,(H,30,31,32,33). The molecule has 1 amide bonds. The number of amides is 1. The fraction of sp³-hybridized carbons (Fsp3) is 0.250. The second-order valence-electron chi connectivity index (χ2n) is 8.77. The van der Waals surface area contributed by atoms with Gasteiger partial charge in [-0.25, -0.2) is 5.10 Å². The first-order valence-electron chi connectivity index (χ1n) is 12.1. The van der Waals surface area contributed by atoms with E-state index in [1.807, 2.05) is 41.3 Å². The van der Waals surface area contributed by atoms with E-state index in [-0.39, 0.29) is 11.9 Å². The van der Waals surface area contributed by atoms with Crippen molar-refractivity contribution in [2.75, 3.05) is 0 Å². The Labute approximate surface area is 204 Å². The molecule has 0 bridgehead atoms. The summed E-state index contributed by atoms with van der Waals surface area (Å²) < 4.78 is 0. The lowest BCUT2D eigenvalue weighted by Crippen LogP contribution is -2.35. The van der Waals surface area contributed by atoms with Gasteiger partial charge in [-0.1, -0.05) is 92.2 Å². The van der Waals surface area contributed by atoms with Crippen molar-refractivity contribution in [1.29, 1.82) is 0 Å². The number of aliphatic imine (C=N–C) groups is 1. The van der Waals surface area contributed by atoms with E-state index in [1.54, 1.807) is 0 Å². The highest BCUT2D eigenvalue weighted by Crippen LogP contribution is 2.30. The summed E-state index contributed by atoms with van der Waals surface area (Å²) >= 11 is 0. The lowest BCUT2D eigenvalue weighted by atomic mass is 9.98. The molecule has 0 radical (unpaired) electrons. The minimum Gasteiger partial charge on any atom is -0.294 e. The number of aromatic amines is 1. The molecule has 5 rings (SSSR count). The maximum atomic E-state index is 13.3. The number of hydrogen-bond donors (Lipinski definition) is 1. The lowest BCUT2D eigenvalue weighted by Gasteiger charge is -2.20. The number of carbonyl (C=O) groups is 1.